The third kappa shape index (κ3) is 2.68. The van der Waals surface area contributed by atoms with E-state index in [1.54, 1.807) is 0 Å². The zero-order chi connectivity index (χ0) is 13.4. The first-order valence-electron chi connectivity index (χ1n) is 6.39. The maximum atomic E-state index is 3.58. The van der Waals surface area contributed by atoms with Crippen molar-refractivity contribution in [3.8, 4) is 0 Å². The standard InChI is InChI=1S/C15H15Br2NS/c1-18-13(14-8-12(16)15(17)19-14)7-10-6-9-4-2-3-5-11(9)10/h2-5,8,10,13,18H,6-7H2,1H3. The summed E-state index contributed by atoms with van der Waals surface area (Å²) in [6, 6.07) is 11.5. The largest absolute Gasteiger partial charge is 0.312 e. The molecule has 0 aliphatic heterocycles. The highest BCUT2D eigenvalue weighted by atomic mass is 79.9. The number of fused-ring (bicyclic) bond motifs is 1. The number of benzene rings is 1. The number of hydrogen-bond donors (Lipinski definition) is 1. The summed E-state index contributed by atoms with van der Waals surface area (Å²) in [4.78, 5) is 1.39. The van der Waals surface area contributed by atoms with Crippen LogP contribution < -0.4 is 5.32 Å². The van der Waals surface area contributed by atoms with Crippen molar-refractivity contribution in [1.29, 1.82) is 0 Å². The van der Waals surface area contributed by atoms with Crippen LogP contribution in [-0.2, 0) is 6.42 Å². The van der Waals surface area contributed by atoms with Crippen molar-refractivity contribution in [2.24, 2.45) is 0 Å². The van der Waals surface area contributed by atoms with Crippen LogP contribution in [0, 0.1) is 0 Å². The highest BCUT2D eigenvalue weighted by Crippen LogP contribution is 2.43. The molecule has 0 radical (unpaired) electrons. The molecule has 1 aliphatic carbocycles. The highest BCUT2D eigenvalue weighted by molar-refractivity contribution is 9.13. The summed E-state index contributed by atoms with van der Waals surface area (Å²) in [6.07, 6.45) is 2.40. The van der Waals surface area contributed by atoms with Crippen molar-refractivity contribution < 1.29 is 0 Å². The van der Waals surface area contributed by atoms with Gasteiger partial charge in [0.2, 0.25) is 0 Å². The van der Waals surface area contributed by atoms with Crippen molar-refractivity contribution in [2.75, 3.05) is 7.05 Å². The van der Waals surface area contributed by atoms with Crippen molar-refractivity contribution in [2.45, 2.75) is 24.8 Å². The second-order valence-corrected chi connectivity index (χ2v) is 8.20. The third-order valence-electron chi connectivity index (χ3n) is 3.84. The van der Waals surface area contributed by atoms with Gasteiger partial charge in [-0.15, -0.1) is 11.3 Å². The molecule has 0 saturated heterocycles. The molecular weight excluding hydrogens is 386 g/mol. The van der Waals surface area contributed by atoms with Gasteiger partial charge in [0.1, 0.15) is 0 Å². The zero-order valence-electron chi connectivity index (χ0n) is 10.6. The molecule has 1 aromatic carbocycles. The van der Waals surface area contributed by atoms with Gasteiger partial charge in [-0.25, -0.2) is 0 Å². The highest BCUT2D eigenvalue weighted by Gasteiger charge is 2.28. The molecule has 2 atom stereocenters. The molecule has 19 heavy (non-hydrogen) atoms. The second-order valence-electron chi connectivity index (χ2n) is 4.95. The van der Waals surface area contributed by atoms with E-state index in [0.717, 1.165) is 4.47 Å². The van der Waals surface area contributed by atoms with Crippen molar-refractivity contribution in [1.82, 2.24) is 5.32 Å². The molecule has 1 heterocycles. The number of rotatable bonds is 4. The van der Waals surface area contributed by atoms with Crippen LogP contribution in [0.5, 0.6) is 0 Å². The van der Waals surface area contributed by atoms with E-state index in [1.807, 2.05) is 11.3 Å². The first-order chi connectivity index (χ1) is 9.19. The summed E-state index contributed by atoms with van der Waals surface area (Å²) >= 11 is 8.97. The Labute approximate surface area is 134 Å². The normalized spacial score (nSPS) is 18.8. The van der Waals surface area contributed by atoms with E-state index in [0.29, 0.717) is 12.0 Å². The zero-order valence-corrected chi connectivity index (χ0v) is 14.6. The van der Waals surface area contributed by atoms with E-state index >= 15 is 0 Å². The summed E-state index contributed by atoms with van der Waals surface area (Å²) in [5.74, 6) is 0.702. The van der Waals surface area contributed by atoms with Gasteiger partial charge >= 0.3 is 0 Å². The number of thiophene rings is 1. The molecule has 0 saturated carbocycles. The Kier molecular flexibility index (Phi) is 4.13. The van der Waals surface area contributed by atoms with Crippen LogP contribution >= 0.6 is 43.2 Å². The van der Waals surface area contributed by atoms with E-state index in [9.17, 15) is 0 Å². The van der Waals surface area contributed by atoms with Gasteiger partial charge in [0.05, 0.1) is 3.79 Å². The topological polar surface area (TPSA) is 12.0 Å². The van der Waals surface area contributed by atoms with Crippen LogP contribution in [0.25, 0.3) is 0 Å². The molecule has 3 rings (SSSR count). The fraction of sp³-hybridized carbons (Fsp3) is 0.333. The molecule has 2 unspecified atom stereocenters. The van der Waals surface area contributed by atoms with E-state index in [2.05, 4.69) is 74.6 Å². The molecule has 0 amide bonds. The molecule has 0 fully saturated rings. The molecule has 1 nitrogen and oxygen atoms in total. The average Bonchev–Trinajstić information content (AvgIpc) is 2.71. The Morgan fingerprint density at radius 2 is 2.16 bits per heavy atom. The summed E-state index contributed by atoms with van der Waals surface area (Å²) in [6.45, 7) is 0. The number of hydrogen-bond acceptors (Lipinski definition) is 2. The lowest BCUT2D eigenvalue weighted by Gasteiger charge is -2.32. The lowest BCUT2D eigenvalue weighted by atomic mass is 9.74. The SMILES string of the molecule is CNC(CC1Cc2ccccc21)c1cc(Br)c(Br)s1. The van der Waals surface area contributed by atoms with Crippen LogP contribution in [0.4, 0.5) is 0 Å². The van der Waals surface area contributed by atoms with Crippen molar-refractivity contribution in [3.63, 3.8) is 0 Å². The van der Waals surface area contributed by atoms with E-state index in [-0.39, 0.29) is 0 Å². The van der Waals surface area contributed by atoms with Gasteiger partial charge in [-0.05, 0) is 74.9 Å². The predicted octanol–water partition coefficient (Wildman–Crippen LogP) is 5.26. The Morgan fingerprint density at radius 1 is 1.37 bits per heavy atom. The van der Waals surface area contributed by atoms with Gasteiger partial charge in [-0.3, -0.25) is 0 Å². The maximum absolute atomic E-state index is 3.58. The fourth-order valence-electron chi connectivity index (χ4n) is 2.77. The monoisotopic (exact) mass is 399 g/mol. The molecule has 4 heteroatoms. The number of halogens is 2. The lowest BCUT2D eigenvalue weighted by molar-refractivity contribution is 0.457. The second kappa shape index (κ2) is 5.68. The van der Waals surface area contributed by atoms with Crippen LogP contribution in [-0.4, -0.2) is 7.05 Å². The van der Waals surface area contributed by atoms with Crippen LogP contribution in [0.3, 0.4) is 0 Å². The summed E-state index contributed by atoms with van der Waals surface area (Å²) in [7, 11) is 2.05. The summed E-state index contributed by atoms with van der Waals surface area (Å²) in [5.41, 5.74) is 3.06. The van der Waals surface area contributed by atoms with Crippen molar-refractivity contribution in [3.05, 3.63) is 54.6 Å². The first-order valence-corrected chi connectivity index (χ1v) is 8.79. The molecule has 1 N–H and O–H groups in total. The predicted molar refractivity (Wildman–Crippen MR) is 89.0 cm³/mol. The van der Waals surface area contributed by atoms with Gasteiger partial charge < -0.3 is 5.32 Å². The Balaban J connectivity index is 1.75. The summed E-state index contributed by atoms with van der Waals surface area (Å²) < 4.78 is 2.33. The maximum Gasteiger partial charge on any atom is 0.0843 e. The van der Waals surface area contributed by atoms with Crippen LogP contribution in [0.1, 0.15) is 34.4 Å². The van der Waals surface area contributed by atoms with Gasteiger partial charge in [0.25, 0.3) is 0 Å². The molecule has 0 bridgehead atoms. The van der Waals surface area contributed by atoms with Gasteiger partial charge in [-0.1, -0.05) is 24.3 Å². The van der Waals surface area contributed by atoms with Gasteiger partial charge in [0.15, 0.2) is 0 Å². The summed E-state index contributed by atoms with van der Waals surface area (Å²) in [5, 5.41) is 3.46. The molecule has 100 valence electrons. The Bertz CT molecular complexity index is 574. The molecular formula is C15H15Br2NS. The van der Waals surface area contributed by atoms with Crippen LogP contribution in [0.2, 0.25) is 0 Å². The Morgan fingerprint density at radius 3 is 2.79 bits per heavy atom. The minimum absolute atomic E-state index is 0.436. The van der Waals surface area contributed by atoms with E-state index in [1.165, 1.54) is 32.6 Å². The first kappa shape index (κ1) is 13.8. The number of nitrogens with one attached hydrogen (secondary N) is 1. The third-order valence-corrected chi connectivity index (χ3v) is 7.21. The molecule has 1 aromatic heterocycles. The smallest absolute Gasteiger partial charge is 0.0843 e. The Hall–Kier alpha value is -0.160. The van der Waals surface area contributed by atoms with E-state index in [4.69, 9.17) is 0 Å². The molecule has 1 aliphatic rings. The quantitative estimate of drug-likeness (QED) is 0.737. The molecule has 2 aromatic rings. The van der Waals surface area contributed by atoms with Gasteiger partial charge in [-0.2, -0.15) is 0 Å². The molecule has 0 spiro atoms. The van der Waals surface area contributed by atoms with E-state index < -0.39 is 0 Å². The minimum atomic E-state index is 0.436. The average molecular weight is 401 g/mol. The van der Waals surface area contributed by atoms with Crippen LogP contribution in [0.15, 0.2) is 38.6 Å². The fourth-order valence-corrected chi connectivity index (χ4v) is 4.98. The van der Waals surface area contributed by atoms with Gasteiger partial charge in [0, 0.05) is 15.4 Å². The lowest BCUT2D eigenvalue weighted by Crippen LogP contribution is -2.24. The minimum Gasteiger partial charge on any atom is -0.312 e. The van der Waals surface area contributed by atoms with Crippen molar-refractivity contribution >= 4 is 43.2 Å².